The second-order valence-corrected chi connectivity index (χ2v) is 6.53. The Kier molecular flexibility index (Phi) is 6.26. The Morgan fingerprint density at radius 1 is 1.18 bits per heavy atom. The lowest BCUT2D eigenvalue weighted by Crippen LogP contribution is -2.25. The van der Waals surface area contributed by atoms with Crippen molar-refractivity contribution in [2.45, 2.75) is 27.2 Å². The molecule has 1 amide bonds. The highest BCUT2D eigenvalue weighted by Crippen LogP contribution is 2.23. The topological polar surface area (TPSA) is 84.2 Å². The van der Waals surface area contributed by atoms with Crippen LogP contribution in [0, 0.1) is 0 Å². The van der Waals surface area contributed by atoms with Gasteiger partial charge >= 0.3 is 0 Å². The molecule has 0 aliphatic rings. The van der Waals surface area contributed by atoms with E-state index in [-0.39, 0.29) is 16.6 Å². The molecule has 8 heteroatoms. The average Bonchev–Trinajstić information content (AvgIpc) is 3.18. The van der Waals surface area contributed by atoms with Crippen molar-refractivity contribution in [3.63, 3.8) is 0 Å². The van der Waals surface area contributed by atoms with Crippen molar-refractivity contribution in [2.24, 2.45) is 0 Å². The van der Waals surface area contributed by atoms with E-state index in [0.717, 1.165) is 25.1 Å². The van der Waals surface area contributed by atoms with E-state index in [1.807, 2.05) is 43.0 Å². The minimum atomic E-state index is -0.482. The highest BCUT2D eigenvalue weighted by molar-refractivity contribution is 6.33. The highest BCUT2D eigenvalue weighted by Gasteiger charge is 2.18. The summed E-state index contributed by atoms with van der Waals surface area (Å²) >= 11 is 6.13. The zero-order chi connectivity index (χ0) is 20.1. The molecule has 3 rings (SSSR count). The maximum Gasteiger partial charge on any atom is 0.278 e. The SMILES string of the molecule is CCc1ccc(-c2cc(NC(=O)c3nc(N(CC)CC)ncc3Cl)on2)cc1. The fraction of sp³-hybridized carbons (Fsp3) is 0.300. The number of carbonyl (C=O) groups is 1. The number of halogens is 1. The predicted octanol–water partition coefficient (Wildman–Crippen LogP) is 4.45. The zero-order valence-corrected chi connectivity index (χ0v) is 16.8. The normalized spacial score (nSPS) is 10.7. The van der Waals surface area contributed by atoms with Crippen LogP contribution >= 0.6 is 11.6 Å². The molecule has 0 fully saturated rings. The van der Waals surface area contributed by atoms with Crippen LogP contribution in [0.25, 0.3) is 11.3 Å². The molecule has 1 aromatic carbocycles. The molecule has 0 unspecified atom stereocenters. The van der Waals surface area contributed by atoms with E-state index < -0.39 is 5.91 Å². The van der Waals surface area contributed by atoms with Gasteiger partial charge in [0, 0.05) is 24.7 Å². The minimum absolute atomic E-state index is 0.0869. The fourth-order valence-corrected chi connectivity index (χ4v) is 2.91. The minimum Gasteiger partial charge on any atom is -0.341 e. The van der Waals surface area contributed by atoms with Gasteiger partial charge in [-0.25, -0.2) is 9.97 Å². The van der Waals surface area contributed by atoms with Gasteiger partial charge in [-0.15, -0.1) is 0 Å². The van der Waals surface area contributed by atoms with Crippen LogP contribution in [-0.4, -0.2) is 34.1 Å². The first kappa shape index (κ1) is 19.8. The summed E-state index contributed by atoms with van der Waals surface area (Å²) < 4.78 is 5.25. The van der Waals surface area contributed by atoms with Gasteiger partial charge in [-0.3, -0.25) is 10.1 Å². The standard InChI is InChI=1S/C20H22ClN5O2/c1-4-13-7-9-14(10-8-13)16-11-17(28-25-16)23-19(27)18-15(21)12-22-20(24-18)26(5-2)6-3/h7-12H,4-6H2,1-3H3,(H,23,27). The number of hydrogen-bond acceptors (Lipinski definition) is 6. The third-order valence-electron chi connectivity index (χ3n) is 4.40. The molecule has 0 aliphatic carbocycles. The molecule has 146 valence electrons. The van der Waals surface area contributed by atoms with Gasteiger partial charge in [0.05, 0.1) is 11.2 Å². The first-order valence-electron chi connectivity index (χ1n) is 9.20. The van der Waals surface area contributed by atoms with Crippen LogP contribution in [0.2, 0.25) is 5.02 Å². The van der Waals surface area contributed by atoms with Gasteiger partial charge in [0.2, 0.25) is 11.8 Å². The molecule has 3 aromatic rings. The summed E-state index contributed by atoms with van der Waals surface area (Å²) in [6.07, 6.45) is 2.40. The van der Waals surface area contributed by atoms with Crippen LogP contribution in [0.4, 0.5) is 11.8 Å². The van der Waals surface area contributed by atoms with Gasteiger partial charge in [-0.2, -0.15) is 0 Å². The van der Waals surface area contributed by atoms with Gasteiger partial charge in [0.1, 0.15) is 5.69 Å². The smallest absolute Gasteiger partial charge is 0.278 e. The molecular formula is C20H22ClN5O2. The van der Waals surface area contributed by atoms with Crippen molar-refractivity contribution in [1.29, 1.82) is 0 Å². The molecule has 0 bridgehead atoms. The first-order chi connectivity index (χ1) is 13.5. The van der Waals surface area contributed by atoms with Crippen molar-refractivity contribution in [1.82, 2.24) is 15.1 Å². The van der Waals surface area contributed by atoms with Crippen LogP contribution in [-0.2, 0) is 6.42 Å². The number of hydrogen-bond donors (Lipinski definition) is 1. The Balaban J connectivity index is 1.78. The van der Waals surface area contributed by atoms with Crippen LogP contribution in [0.3, 0.4) is 0 Å². The van der Waals surface area contributed by atoms with Crippen molar-refractivity contribution >= 4 is 29.3 Å². The van der Waals surface area contributed by atoms with Gasteiger partial charge in [0.25, 0.3) is 5.91 Å². The molecule has 0 aliphatic heterocycles. The second kappa shape index (κ2) is 8.84. The Bertz CT molecular complexity index is 951. The summed E-state index contributed by atoms with van der Waals surface area (Å²) in [7, 11) is 0. The number of carbonyl (C=O) groups excluding carboxylic acids is 1. The number of aryl methyl sites for hydroxylation is 1. The molecular weight excluding hydrogens is 378 g/mol. The molecule has 0 saturated heterocycles. The molecule has 0 spiro atoms. The maximum atomic E-state index is 12.6. The summed E-state index contributed by atoms with van der Waals surface area (Å²) in [6.45, 7) is 7.53. The molecule has 7 nitrogen and oxygen atoms in total. The van der Waals surface area contributed by atoms with Crippen molar-refractivity contribution in [2.75, 3.05) is 23.3 Å². The third-order valence-corrected chi connectivity index (χ3v) is 4.67. The predicted molar refractivity (Wildman–Crippen MR) is 110 cm³/mol. The number of benzene rings is 1. The lowest BCUT2D eigenvalue weighted by molar-refractivity contribution is 0.101. The summed E-state index contributed by atoms with van der Waals surface area (Å²) in [6, 6.07) is 9.69. The zero-order valence-electron chi connectivity index (χ0n) is 16.1. The van der Waals surface area contributed by atoms with E-state index >= 15 is 0 Å². The van der Waals surface area contributed by atoms with E-state index in [0.29, 0.717) is 11.6 Å². The van der Waals surface area contributed by atoms with Crippen LogP contribution < -0.4 is 10.2 Å². The summed E-state index contributed by atoms with van der Waals surface area (Å²) in [4.78, 5) is 23.1. The maximum absolute atomic E-state index is 12.6. The molecule has 1 N–H and O–H groups in total. The Hall–Kier alpha value is -2.93. The Morgan fingerprint density at radius 3 is 2.54 bits per heavy atom. The van der Waals surface area contributed by atoms with Gasteiger partial charge in [-0.05, 0) is 25.8 Å². The Morgan fingerprint density at radius 2 is 1.89 bits per heavy atom. The lowest BCUT2D eigenvalue weighted by atomic mass is 10.1. The Labute approximate surface area is 168 Å². The van der Waals surface area contributed by atoms with Crippen LogP contribution in [0.1, 0.15) is 36.8 Å². The van der Waals surface area contributed by atoms with E-state index in [2.05, 4.69) is 27.4 Å². The van der Waals surface area contributed by atoms with Gasteiger partial charge < -0.3 is 9.42 Å². The highest BCUT2D eigenvalue weighted by atomic mass is 35.5. The molecule has 2 heterocycles. The number of anilines is 2. The van der Waals surface area contributed by atoms with Crippen molar-refractivity contribution in [3.05, 3.63) is 52.8 Å². The number of nitrogens with one attached hydrogen (secondary N) is 1. The molecule has 0 saturated carbocycles. The molecule has 28 heavy (non-hydrogen) atoms. The van der Waals surface area contributed by atoms with Gasteiger partial charge in [-0.1, -0.05) is 47.9 Å². The molecule has 2 aromatic heterocycles. The average molecular weight is 400 g/mol. The number of nitrogens with zero attached hydrogens (tertiary/aromatic N) is 4. The van der Waals surface area contributed by atoms with E-state index in [4.69, 9.17) is 16.1 Å². The van der Waals surface area contributed by atoms with Crippen LogP contribution in [0.15, 0.2) is 41.1 Å². The van der Waals surface area contributed by atoms with Crippen LogP contribution in [0.5, 0.6) is 0 Å². The van der Waals surface area contributed by atoms with E-state index in [9.17, 15) is 4.79 Å². The van der Waals surface area contributed by atoms with Crippen molar-refractivity contribution < 1.29 is 9.32 Å². The fourth-order valence-electron chi connectivity index (χ4n) is 2.73. The first-order valence-corrected chi connectivity index (χ1v) is 9.58. The number of rotatable bonds is 7. The van der Waals surface area contributed by atoms with E-state index in [1.165, 1.54) is 11.8 Å². The van der Waals surface area contributed by atoms with Gasteiger partial charge in [0.15, 0.2) is 5.69 Å². The summed E-state index contributed by atoms with van der Waals surface area (Å²) in [5.41, 5.74) is 2.87. The summed E-state index contributed by atoms with van der Waals surface area (Å²) in [5, 5.41) is 6.84. The third kappa shape index (κ3) is 4.31. The number of aromatic nitrogens is 3. The summed E-state index contributed by atoms with van der Waals surface area (Å²) in [5.74, 6) is 0.192. The second-order valence-electron chi connectivity index (χ2n) is 6.12. The monoisotopic (exact) mass is 399 g/mol. The van der Waals surface area contributed by atoms with Crippen molar-refractivity contribution in [3.8, 4) is 11.3 Å². The van der Waals surface area contributed by atoms with E-state index in [1.54, 1.807) is 6.07 Å². The lowest BCUT2D eigenvalue weighted by Gasteiger charge is -2.18. The molecule has 0 atom stereocenters. The largest absolute Gasteiger partial charge is 0.341 e. The quantitative estimate of drug-likeness (QED) is 0.632. The molecule has 0 radical (unpaired) electrons. The number of amides is 1.